The summed E-state index contributed by atoms with van der Waals surface area (Å²) in [4.78, 5) is 52.3. The van der Waals surface area contributed by atoms with E-state index in [1.165, 1.54) is 27.2 Å². The lowest BCUT2D eigenvalue weighted by molar-refractivity contribution is -0.202. The summed E-state index contributed by atoms with van der Waals surface area (Å²) in [6.07, 6.45) is 5.32. The highest BCUT2D eigenvalue weighted by Crippen LogP contribution is 2.73. The molecule has 19 heteroatoms. The molecule has 0 spiro atoms. The Hall–Kier alpha value is -4.36. The molecule has 7 fully saturated rings. The van der Waals surface area contributed by atoms with Gasteiger partial charge >= 0.3 is 5.97 Å². The van der Waals surface area contributed by atoms with Crippen LogP contribution in [0.5, 0.6) is 5.75 Å². The van der Waals surface area contributed by atoms with Gasteiger partial charge in [-0.3, -0.25) is 19.4 Å². The van der Waals surface area contributed by atoms with Gasteiger partial charge in [-0.05, 0) is 165 Å². The third kappa shape index (κ3) is 9.99. The number of esters is 1. The van der Waals surface area contributed by atoms with Crippen molar-refractivity contribution in [1.29, 1.82) is 0 Å². The minimum atomic E-state index is -2.06. The Bertz CT molecular complexity index is 2990. The van der Waals surface area contributed by atoms with Crippen molar-refractivity contribution in [1.82, 2.24) is 10.3 Å². The van der Waals surface area contributed by atoms with Crippen molar-refractivity contribution in [3.63, 3.8) is 0 Å². The average molecular weight is 1190 g/mol. The Morgan fingerprint density at radius 2 is 1.70 bits per heavy atom. The number of aliphatic imine (C=N–C) groups is 1. The maximum absolute atomic E-state index is 16.1. The summed E-state index contributed by atoms with van der Waals surface area (Å²) in [6, 6.07) is 8.69. The van der Waals surface area contributed by atoms with Gasteiger partial charge in [0.15, 0.2) is 23.8 Å². The number of fused-ring (bicyclic) bond motifs is 8. The number of aliphatic hydroxyl groups excluding tert-OH is 4. The molecular weight excluding hydrogens is 1110 g/mol. The number of Topliss-reactive ketones (excluding diaryl/α,β-unsaturated/α-hetero) is 2. The number of phenols is 1. The lowest BCUT2D eigenvalue weighted by Gasteiger charge is -2.63. The second kappa shape index (κ2) is 23.0. The number of H-pyrrole nitrogens is 1. The van der Waals surface area contributed by atoms with Gasteiger partial charge in [-0.1, -0.05) is 65.1 Å². The van der Waals surface area contributed by atoms with E-state index in [9.17, 15) is 50.4 Å². The standard InChI is InChI=1S/C65H87N5O12S2/c1-32-7-8-34-22-35-11-14-42-41(45-29-82-60(79)51(45)37-16-19-68-27-37)6-4-5-36-25-65(81)54-47(15-17-64(65,18-20-69-61(66)67)58(36)63(3,80)49(74)24-44(59(77)78)50(35)52(42)43(34)21-32)62(2)26-48(73)56(75)46-31-84-83-30-38(33-9-12-39(71)13-10-33)23-40(72)28-70-55(54)57(76)53(46)62/h9-10,12-13,16,19,22,27,32,35-36,38,41-53,56,58-59,68,70-71,73-75,77-78,80-81H,5,7-8,11,14-15,17-18,20-21,23-26,28-31H2,1-3H3,(H4,66,67,69). The zero-order valence-corrected chi connectivity index (χ0v) is 50.2. The van der Waals surface area contributed by atoms with Crippen LogP contribution in [-0.2, 0) is 19.1 Å². The van der Waals surface area contributed by atoms with Gasteiger partial charge in [0.25, 0.3) is 0 Å². The highest BCUT2D eigenvalue weighted by molar-refractivity contribution is 8.76. The van der Waals surface area contributed by atoms with Gasteiger partial charge in [-0.2, -0.15) is 0 Å². The number of cyclic esters (lactones) is 1. The molecule has 1 aromatic carbocycles. The maximum Gasteiger partial charge on any atom is 0.313 e. The van der Waals surface area contributed by atoms with E-state index in [1.54, 1.807) is 37.4 Å². The molecule has 0 amide bonds. The second-order valence-electron chi connectivity index (χ2n) is 27.9. The number of nitrogens with one attached hydrogen (secondary N) is 2. The van der Waals surface area contributed by atoms with Crippen molar-refractivity contribution in [2.24, 2.45) is 110 Å². The largest absolute Gasteiger partial charge is 0.508 e. The number of ether oxygens (including phenoxy) is 1. The number of nitrogens with zero attached hydrogens (tertiary/aromatic N) is 1. The molecule has 0 radical (unpaired) electrons. The zero-order chi connectivity index (χ0) is 59.4. The number of nitrogens with two attached hydrogens (primary N) is 2. The van der Waals surface area contributed by atoms with Gasteiger partial charge in [0.2, 0.25) is 0 Å². The smallest absolute Gasteiger partial charge is 0.313 e. The summed E-state index contributed by atoms with van der Waals surface area (Å²) in [6.45, 7) is 5.75. The molecule has 456 valence electrons. The number of aromatic hydroxyl groups is 1. The SMILES string of the molecule is CC1CCC2=CC3CCC4C(C5COC(=O)C5c5cc[nH]c5)C#CCC5CC6(O)C7=C8NCC(=O)CC(c9ccc(O)cc9)CSSCC9C(O)C(O)CC(C)(C7CCC6(CCN=C(N)N)C5C(C)(O)C(O)CC(C(O)O)C3C4C2C1)C9C8=O. The van der Waals surface area contributed by atoms with Crippen LogP contribution in [0.3, 0.4) is 0 Å². The molecule has 10 aliphatic rings. The summed E-state index contributed by atoms with van der Waals surface area (Å²) in [5, 5.41) is 103. The third-order valence-corrected chi connectivity index (χ3v) is 26.2. The fourth-order valence-electron chi connectivity index (χ4n) is 20.2. The molecule has 2 aliphatic heterocycles. The molecule has 3 heterocycles. The van der Waals surface area contributed by atoms with E-state index < -0.39 is 94.0 Å². The number of allylic oxidation sites excluding steroid dienone is 3. The third-order valence-electron chi connectivity index (χ3n) is 23.6. The second-order valence-corrected chi connectivity index (χ2v) is 30.5. The minimum Gasteiger partial charge on any atom is -0.508 e. The quantitative estimate of drug-likeness (QED) is 0.0313. The summed E-state index contributed by atoms with van der Waals surface area (Å²) in [5.74, 6) is 1.03. The number of aromatic amines is 1. The molecule has 5 saturated carbocycles. The van der Waals surface area contributed by atoms with E-state index in [1.807, 2.05) is 19.2 Å². The van der Waals surface area contributed by atoms with E-state index in [4.69, 9.17) is 16.2 Å². The Labute approximate surface area is 500 Å². The molecule has 2 saturated heterocycles. The van der Waals surface area contributed by atoms with E-state index >= 15 is 4.79 Å². The molecule has 23 unspecified atom stereocenters. The fraction of sp³-hybridized carbons (Fsp3) is 0.692. The molecule has 6 bridgehead atoms. The Balaban J connectivity index is 1.03. The number of hydrogen-bond acceptors (Lipinski definition) is 16. The van der Waals surface area contributed by atoms with Gasteiger partial charge in [-0.15, -0.1) is 5.92 Å². The number of aromatic nitrogens is 1. The fourth-order valence-corrected chi connectivity index (χ4v) is 23.0. The van der Waals surface area contributed by atoms with Gasteiger partial charge in [0.05, 0.1) is 54.3 Å². The van der Waals surface area contributed by atoms with Gasteiger partial charge < -0.3 is 67.4 Å². The first kappa shape index (κ1) is 59.9. The summed E-state index contributed by atoms with van der Waals surface area (Å²) in [7, 11) is 3.03. The number of rotatable bonds is 7. The Kier molecular flexibility index (Phi) is 16.4. The topological polar surface area (TPSA) is 315 Å². The molecule has 23 atom stereocenters. The first-order valence-corrected chi connectivity index (χ1v) is 33.5. The average Bonchev–Trinajstić information content (AvgIpc) is 1.44. The Morgan fingerprint density at radius 1 is 0.929 bits per heavy atom. The first-order chi connectivity index (χ1) is 40.1. The Morgan fingerprint density at radius 3 is 2.44 bits per heavy atom. The van der Waals surface area contributed by atoms with Crippen LogP contribution in [0.1, 0.15) is 127 Å². The first-order valence-electron chi connectivity index (χ1n) is 31.0. The van der Waals surface area contributed by atoms with Crippen molar-refractivity contribution in [2.45, 2.75) is 152 Å². The summed E-state index contributed by atoms with van der Waals surface area (Å²) in [5.41, 5.74) is 9.22. The number of aliphatic hydroxyl groups is 7. The number of ketones is 2. The van der Waals surface area contributed by atoms with Crippen LogP contribution < -0.4 is 16.8 Å². The van der Waals surface area contributed by atoms with E-state index in [-0.39, 0.29) is 141 Å². The summed E-state index contributed by atoms with van der Waals surface area (Å²) >= 11 is 0. The molecule has 2 aromatic rings. The van der Waals surface area contributed by atoms with Crippen LogP contribution in [0.2, 0.25) is 0 Å². The van der Waals surface area contributed by atoms with Crippen molar-refractivity contribution < 1.29 is 60.0 Å². The lowest BCUT2D eigenvalue weighted by Crippen LogP contribution is -2.67. The molecule has 84 heavy (non-hydrogen) atoms. The number of carbonyl (C=O) groups is 3. The molecule has 1 aromatic heterocycles. The van der Waals surface area contributed by atoms with Gasteiger partial charge in [-0.25, -0.2) is 0 Å². The van der Waals surface area contributed by atoms with Crippen molar-refractivity contribution >= 4 is 45.1 Å². The number of benzene rings is 1. The van der Waals surface area contributed by atoms with Crippen LogP contribution in [-0.4, -0.2) is 136 Å². The van der Waals surface area contributed by atoms with Crippen molar-refractivity contribution in [2.75, 3.05) is 31.2 Å². The van der Waals surface area contributed by atoms with Gasteiger partial charge in [0, 0.05) is 90.1 Å². The number of carbonyl (C=O) groups excluding carboxylic acids is 3. The molecule has 14 N–H and O–H groups in total. The molecular formula is C65H87N5O12S2. The highest BCUT2D eigenvalue weighted by Gasteiger charge is 2.75. The van der Waals surface area contributed by atoms with E-state index in [0.29, 0.717) is 29.4 Å². The van der Waals surface area contributed by atoms with Crippen LogP contribution in [0.4, 0.5) is 0 Å². The minimum absolute atomic E-state index is 0.00281. The van der Waals surface area contributed by atoms with E-state index in [2.05, 4.69) is 40.1 Å². The number of hydrogen-bond donors (Lipinski definition) is 12. The van der Waals surface area contributed by atoms with Crippen LogP contribution in [0, 0.1) is 106 Å². The van der Waals surface area contributed by atoms with E-state index in [0.717, 1.165) is 43.2 Å². The van der Waals surface area contributed by atoms with Crippen molar-refractivity contribution in [3.8, 4) is 17.6 Å². The zero-order valence-electron chi connectivity index (χ0n) is 48.5. The van der Waals surface area contributed by atoms with Gasteiger partial charge in [0.1, 0.15) is 5.75 Å². The normalized spacial score (nSPS) is 44.9. The number of phenolic OH excluding ortho intramolecular Hbond substituents is 1. The van der Waals surface area contributed by atoms with Crippen LogP contribution in [0.15, 0.2) is 70.6 Å². The molecule has 8 aliphatic carbocycles. The molecule has 12 rings (SSSR count). The predicted octanol–water partition coefficient (Wildman–Crippen LogP) is 5.42. The maximum atomic E-state index is 16.1. The molecule has 17 nitrogen and oxygen atoms in total. The van der Waals surface area contributed by atoms with Crippen LogP contribution >= 0.6 is 21.6 Å². The highest BCUT2D eigenvalue weighted by atomic mass is 33.1. The monoisotopic (exact) mass is 1190 g/mol. The van der Waals surface area contributed by atoms with Crippen molar-refractivity contribution in [3.05, 3.63) is 76.8 Å². The summed E-state index contributed by atoms with van der Waals surface area (Å²) < 4.78 is 6.02. The number of guanidine groups is 1. The predicted molar refractivity (Wildman–Crippen MR) is 319 cm³/mol. The lowest BCUT2D eigenvalue weighted by atomic mass is 9.43. The van der Waals surface area contributed by atoms with Crippen LogP contribution in [0.25, 0.3) is 0 Å².